The number of methoxy groups -OCH3 is 3. The van der Waals surface area contributed by atoms with Gasteiger partial charge in [-0.3, -0.25) is 4.79 Å². The van der Waals surface area contributed by atoms with Gasteiger partial charge in [-0.25, -0.2) is 5.43 Å². The first-order valence-electron chi connectivity index (χ1n) is 7.98. The minimum absolute atomic E-state index is 0.169. The molecule has 0 fully saturated rings. The SMILES string of the molecule is COc1cc(OC)c(OC)cc1/C=N\NC(=O)c1cc2cc(Br)cc(I)c2o1. The van der Waals surface area contributed by atoms with Crippen LogP contribution in [0.2, 0.25) is 0 Å². The molecule has 0 spiro atoms. The van der Waals surface area contributed by atoms with Crippen molar-refractivity contribution in [2.24, 2.45) is 5.10 Å². The molecule has 0 unspecified atom stereocenters. The highest BCUT2D eigenvalue weighted by Gasteiger charge is 2.15. The second-order valence-electron chi connectivity index (χ2n) is 5.56. The van der Waals surface area contributed by atoms with E-state index in [4.69, 9.17) is 18.6 Å². The van der Waals surface area contributed by atoms with Gasteiger partial charge in [0, 0.05) is 21.5 Å². The fourth-order valence-electron chi connectivity index (χ4n) is 2.56. The highest BCUT2D eigenvalue weighted by Crippen LogP contribution is 2.33. The number of halogens is 2. The number of amides is 1. The molecule has 3 rings (SSSR count). The molecule has 1 N–H and O–H groups in total. The maximum Gasteiger partial charge on any atom is 0.307 e. The lowest BCUT2D eigenvalue weighted by molar-refractivity contribution is 0.0929. The molecule has 0 aliphatic heterocycles. The second-order valence-corrected chi connectivity index (χ2v) is 7.64. The third-order valence-corrected chi connectivity index (χ3v) is 5.12. The number of carbonyl (C=O) groups excluding carboxylic acids is 1. The number of nitrogens with one attached hydrogen (secondary N) is 1. The molecule has 1 amide bonds. The molecule has 3 aromatic rings. The summed E-state index contributed by atoms with van der Waals surface area (Å²) in [4.78, 5) is 12.4. The van der Waals surface area contributed by atoms with Crippen molar-refractivity contribution in [1.82, 2.24) is 5.43 Å². The Morgan fingerprint density at radius 2 is 1.75 bits per heavy atom. The zero-order valence-corrected chi connectivity index (χ0v) is 19.0. The van der Waals surface area contributed by atoms with Gasteiger partial charge in [0.05, 0.1) is 31.1 Å². The molecule has 0 aliphatic carbocycles. The molecule has 0 saturated carbocycles. The topological polar surface area (TPSA) is 82.3 Å². The van der Waals surface area contributed by atoms with Gasteiger partial charge in [-0.15, -0.1) is 0 Å². The Kier molecular flexibility index (Phi) is 6.45. The minimum Gasteiger partial charge on any atom is -0.496 e. The van der Waals surface area contributed by atoms with Crippen molar-refractivity contribution in [3.63, 3.8) is 0 Å². The summed E-state index contributed by atoms with van der Waals surface area (Å²) >= 11 is 5.59. The summed E-state index contributed by atoms with van der Waals surface area (Å²) in [5.74, 6) is 1.29. The van der Waals surface area contributed by atoms with Crippen molar-refractivity contribution in [2.45, 2.75) is 0 Å². The number of rotatable bonds is 6. The first kappa shape index (κ1) is 20.5. The molecule has 2 aromatic carbocycles. The lowest BCUT2D eigenvalue weighted by Crippen LogP contribution is -2.16. The Morgan fingerprint density at radius 1 is 1.07 bits per heavy atom. The highest BCUT2D eigenvalue weighted by molar-refractivity contribution is 14.1. The molecule has 146 valence electrons. The molecular formula is C19H16BrIN2O5. The van der Waals surface area contributed by atoms with E-state index in [0.29, 0.717) is 28.4 Å². The van der Waals surface area contributed by atoms with Gasteiger partial charge >= 0.3 is 5.91 Å². The number of furan rings is 1. The Bertz CT molecular complexity index is 1060. The largest absolute Gasteiger partial charge is 0.496 e. The van der Waals surface area contributed by atoms with Crippen LogP contribution in [0.5, 0.6) is 17.2 Å². The predicted molar refractivity (Wildman–Crippen MR) is 118 cm³/mol. The standard InChI is InChI=1S/C19H16BrIN2O5/c1-25-14-8-16(27-3)15(26-2)6-11(14)9-22-23-19(24)17-5-10-4-12(20)7-13(21)18(10)28-17/h4-9H,1-3H3,(H,23,24)/b22-9-. The van der Waals surface area contributed by atoms with Crippen LogP contribution in [0.15, 0.2) is 44.3 Å². The molecule has 1 heterocycles. The minimum atomic E-state index is -0.459. The van der Waals surface area contributed by atoms with E-state index < -0.39 is 5.91 Å². The lowest BCUT2D eigenvalue weighted by atomic mass is 10.2. The van der Waals surface area contributed by atoms with E-state index in [1.807, 2.05) is 12.1 Å². The maximum atomic E-state index is 12.4. The molecule has 0 radical (unpaired) electrons. The van der Waals surface area contributed by atoms with Gasteiger partial charge in [0.25, 0.3) is 0 Å². The number of carbonyl (C=O) groups is 1. The highest BCUT2D eigenvalue weighted by atomic mass is 127. The van der Waals surface area contributed by atoms with Gasteiger partial charge in [0.15, 0.2) is 17.3 Å². The number of hydrogen-bond donors (Lipinski definition) is 1. The zero-order chi connectivity index (χ0) is 20.3. The number of nitrogens with zero attached hydrogens (tertiary/aromatic N) is 1. The molecule has 1 aromatic heterocycles. The summed E-state index contributed by atoms with van der Waals surface area (Å²) in [7, 11) is 4.61. The summed E-state index contributed by atoms with van der Waals surface area (Å²) in [6.45, 7) is 0. The van der Waals surface area contributed by atoms with Crippen LogP contribution in [-0.4, -0.2) is 33.5 Å². The summed E-state index contributed by atoms with van der Waals surface area (Å²) < 4.78 is 23.3. The molecule has 7 nitrogen and oxygen atoms in total. The van der Waals surface area contributed by atoms with E-state index >= 15 is 0 Å². The molecule has 0 aliphatic rings. The normalized spacial score (nSPS) is 11.0. The number of hydrogen-bond acceptors (Lipinski definition) is 6. The Morgan fingerprint density at radius 3 is 2.43 bits per heavy atom. The second kappa shape index (κ2) is 8.82. The van der Waals surface area contributed by atoms with Crippen molar-refractivity contribution in [3.8, 4) is 17.2 Å². The van der Waals surface area contributed by atoms with Crippen molar-refractivity contribution in [2.75, 3.05) is 21.3 Å². The van der Waals surface area contributed by atoms with Gasteiger partial charge in [-0.05, 0) is 46.9 Å². The third kappa shape index (κ3) is 4.25. The average Bonchev–Trinajstić information content (AvgIpc) is 3.11. The van der Waals surface area contributed by atoms with Gasteiger partial charge < -0.3 is 18.6 Å². The monoisotopic (exact) mass is 558 g/mol. The Balaban J connectivity index is 1.81. The van der Waals surface area contributed by atoms with E-state index in [9.17, 15) is 4.79 Å². The molecular weight excluding hydrogens is 543 g/mol. The van der Waals surface area contributed by atoms with Crippen LogP contribution in [-0.2, 0) is 0 Å². The smallest absolute Gasteiger partial charge is 0.307 e. The lowest BCUT2D eigenvalue weighted by Gasteiger charge is -2.11. The van der Waals surface area contributed by atoms with Gasteiger partial charge in [-0.1, -0.05) is 15.9 Å². The fourth-order valence-corrected chi connectivity index (χ4v) is 4.22. The van der Waals surface area contributed by atoms with E-state index in [2.05, 4.69) is 49.0 Å². The van der Waals surface area contributed by atoms with Gasteiger partial charge in [-0.2, -0.15) is 5.10 Å². The molecule has 9 heteroatoms. The van der Waals surface area contributed by atoms with Crippen molar-refractivity contribution in [1.29, 1.82) is 0 Å². The van der Waals surface area contributed by atoms with Crippen LogP contribution >= 0.6 is 38.5 Å². The van der Waals surface area contributed by atoms with Crippen LogP contribution in [0.3, 0.4) is 0 Å². The Hall–Kier alpha value is -2.27. The number of fused-ring (bicyclic) bond motifs is 1. The number of hydrazone groups is 1. The maximum absolute atomic E-state index is 12.4. The summed E-state index contributed by atoms with van der Waals surface area (Å²) in [6, 6.07) is 8.85. The van der Waals surface area contributed by atoms with Gasteiger partial charge in [0.1, 0.15) is 11.3 Å². The first-order chi connectivity index (χ1) is 13.5. The Labute approximate surface area is 183 Å². The zero-order valence-electron chi connectivity index (χ0n) is 15.2. The number of benzene rings is 2. The third-order valence-electron chi connectivity index (χ3n) is 3.87. The van der Waals surface area contributed by atoms with E-state index in [1.54, 1.807) is 25.3 Å². The number of ether oxygens (including phenoxy) is 3. The predicted octanol–water partition coefficient (Wildman–Crippen LogP) is 4.59. The quantitative estimate of drug-likeness (QED) is 0.272. The van der Waals surface area contributed by atoms with Gasteiger partial charge in [0.2, 0.25) is 0 Å². The van der Waals surface area contributed by atoms with Crippen LogP contribution in [0, 0.1) is 3.57 Å². The molecule has 0 bridgehead atoms. The molecule has 0 atom stereocenters. The van der Waals surface area contributed by atoms with Crippen LogP contribution in [0.4, 0.5) is 0 Å². The van der Waals surface area contributed by atoms with E-state index in [0.717, 1.165) is 13.4 Å². The van der Waals surface area contributed by atoms with Crippen LogP contribution in [0.25, 0.3) is 11.0 Å². The summed E-state index contributed by atoms with van der Waals surface area (Å²) in [5.41, 5.74) is 3.72. The molecule has 28 heavy (non-hydrogen) atoms. The summed E-state index contributed by atoms with van der Waals surface area (Å²) in [6.07, 6.45) is 1.46. The van der Waals surface area contributed by atoms with Crippen LogP contribution < -0.4 is 19.6 Å². The van der Waals surface area contributed by atoms with Crippen molar-refractivity contribution in [3.05, 3.63) is 49.7 Å². The first-order valence-corrected chi connectivity index (χ1v) is 9.86. The fraction of sp³-hybridized carbons (Fsp3) is 0.158. The van der Waals surface area contributed by atoms with E-state index in [-0.39, 0.29) is 5.76 Å². The molecule has 0 saturated heterocycles. The van der Waals surface area contributed by atoms with Crippen molar-refractivity contribution < 1.29 is 23.4 Å². The summed E-state index contributed by atoms with van der Waals surface area (Å²) in [5, 5.41) is 4.82. The van der Waals surface area contributed by atoms with Crippen molar-refractivity contribution >= 4 is 61.6 Å². The van der Waals surface area contributed by atoms with E-state index in [1.165, 1.54) is 20.4 Å². The van der Waals surface area contributed by atoms with Crippen LogP contribution in [0.1, 0.15) is 16.1 Å². The average molecular weight is 559 g/mol.